The number of aromatic nitrogens is 2. The molecule has 7 heteroatoms. The lowest BCUT2D eigenvalue weighted by molar-refractivity contribution is 0.223. The molecule has 0 aliphatic carbocycles. The van der Waals surface area contributed by atoms with Gasteiger partial charge in [-0.2, -0.15) is 5.10 Å². The maximum atomic E-state index is 5.87. The number of aliphatic imine (C=N–C) groups is 1. The fourth-order valence-corrected chi connectivity index (χ4v) is 3.62. The van der Waals surface area contributed by atoms with Gasteiger partial charge in [0.2, 0.25) is 0 Å². The highest BCUT2D eigenvalue weighted by Crippen LogP contribution is 2.14. The summed E-state index contributed by atoms with van der Waals surface area (Å²) in [6.07, 6.45) is 0.908. The van der Waals surface area contributed by atoms with Crippen molar-refractivity contribution >= 4 is 5.96 Å². The average molecular weight is 429 g/mol. The number of rotatable bonds is 11. The van der Waals surface area contributed by atoms with Gasteiger partial charge < -0.3 is 20.3 Å². The Morgan fingerprint density at radius 1 is 1.19 bits per heavy atom. The smallest absolute Gasteiger partial charge is 0.191 e. The number of aryl methyl sites for hydroxylation is 2. The zero-order chi connectivity index (χ0) is 22.8. The topological polar surface area (TPSA) is 66.7 Å². The molecule has 0 saturated carbocycles. The lowest BCUT2D eigenvalue weighted by Crippen LogP contribution is -2.42. The largest absolute Gasteiger partial charge is 0.492 e. The van der Waals surface area contributed by atoms with Gasteiger partial charge in [0, 0.05) is 38.9 Å². The number of ether oxygens (including phenoxy) is 1. The summed E-state index contributed by atoms with van der Waals surface area (Å²) in [7, 11) is 3.79. The van der Waals surface area contributed by atoms with E-state index < -0.39 is 0 Å². The fraction of sp³-hybridized carbons (Fsp3) is 0.583. The van der Waals surface area contributed by atoms with Gasteiger partial charge in [-0.15, -0.1) is 0 Å². The van der Waals surface area contributed by atoms with Crippen LogP contribution in [-0.2, 0) is 20.0 Å². The summed E-state index contributed by atoms with van der Waals surface area (Å²) in [4.78, 5) is 6.73. The predicted molar refractivity (Wildman–Crippen MR) is 129 cm³/mol. The van der Waals surface area contributed by atoms with Gasteiger partial charge in [0.25, 0.3) is 0 Å². The summed E-state index contributed by atoms with van der Waals surface area (Å²) in [5.41, 5.74) is 4.80. The maximum absolute atomic E-state index is 5.87. The standard InChI is InChI=1S/C24H40N6O/c1-8-30(9-2)14-15-31-22-12-10-21(11-13-22)17-26-24(25-6)27-18(3)16-23-19(4)28-29(7)20(23)5/h10-13,18H,8-9,14-17H2,1-7H3,(H2,25,26,27). The van der Waals surface area contributed by atoms with Gasteiger partial charge in [0.1, 0.15) is 12.4 Å². The first-order valence-electron chi connectivity index (χ1n) is 11.3. The Hall–Kier alpha value is -2.54. The van der Waals surface area contributed by atoms with Crippen LogP contribution in [0.2, 0.25) is 0 Å². The summed E-state index contributed by atoms with van der Waals surface area (Å²) >= 11 is 0. The van der Waals surface area contributed by atoms with E-state index in [4.69, 9.17) is 4.74 Å². The quantitative estimate of drug-likeness (QED) is 0.425. The van der Waals surface area contributed by atoms with Crippen molar-refractivity contribution in [2.75, 3.05) is 33.3 Å². The molecule has 1 atom stereocenters. The molecule has 1 unspecified atom stereocenters. The number of nitrogens with one attached hydrogen (secondary N) is 2. The van der Waals surface area contributed by atoms with Gasteiger partial charge in [-0.3, -0.25) is 9.67 Å². The maximum Gasteiger partial charge on any atom is 0.191 e. The molecule has 0 aliphatic heterocycles. The van der Waals surface area contributed by atoms with Gasteiger partial charge in [-0.05, 0) is 63.5 Å². The summed E-state index contributed by atoms with van der Waals surface area (Å²) < 4.78 is 7.81. The molecule has 0 fully saturated rings. The van der Waals surface area contributed by atoms with Crippen LogP contribution in [0.15, 0.2) is 29.3 Å². The number of hydrogen-bond donors (Lipinski definition) is 2. The van der Waals surface area contributed by atoms with Crippen molar-refractivity contribution in [3.8, 4) is 5.75 Å². The lowest BCUT2D eigenvalue weighted by Gasteiger charge is -2.19. The Kier molecular flexibility index (Phi) is 9.85. The fourth-order valence-electron chi connectivity index (χ4n) is 3.62. The summed E-state index contributed by atoms with van der Waals surface area (Å²) in [6, 6.07) is 8.50. The molecule has 2 aromatic rings. The Balaban J connectivity index is 1.80. The first-order valence-corrected chi connectivity index (χ1v) is 11.3. The highest BCUT2D eigenvalue weighted by atomic mass is 16.5. The molecule has 0 spiro atoms. The van der Waals surface area contributed by atoms with Crippen LogP contribution < -0.4 is 15.4 Å². The zero-order valence-electron chi connectivity index (χ0n) is 20.3. The van der Waals surface area contributed by atoms with Crippen LogP contribution in [-0.4, -0.2) is 60.0 Å². The molecule has 2 rings (SSSR count). The van der Waals surface area contributed by atoms with Crippen molar-refractivity contribution < 1.29 is 4.74 Å². The molecule has 31 heavy (non-hydrogen) atoms. The van der Waals surface area contributed by atoms with E-state index in [-0.39, 0.29) is 6.04 Å². The van der Waals surface area contributed by atoms with Crippen LogP contribution in [0.25, 0.3) is 0 Å². The summed E-state index contributed by atoms with van der Waals surface area (Å²) in [5.74, 6) is 1.71. The van der Waals surface area contributed by atoms with Crippen molar-refractivity contribution in [3.05, 3.63) is 46.8 Å². The predicted octanol–water partition coefficient (Wildman–Crippen LogP) is 3.05. The number of hydrogen-bond acceptors (Lipinski definition) is 4. The molecule has 0 bridgehead atoms. The highest BCUT2D eigenvalue weighted by molar-refractivity contribution is 5.79. The molecule has 1 aromatic carbocycles. The average Bonchev–Trinajstić information content (AvgIpc) is 3.01. The number of guanidine groups is 1. The third-order valence-electron chi connectivity index (χ3n) is 5.73. The molecule has 0 radical (unpaired) electrons. The van der Waals surface area contributed by atoms with Crippen LogP contribution in [0.1, 0.15) is 43.3 Å². The van der Waals surface area contributed by atoms with Gasteiger partial charge in [-0.1, -0.05) is 26.0 Å². The minimum Gasteiger partial charge on any atom is -0.492 e. The van der Waals surface area contributed by atoms with Gasteiger partial charge in [0.15, 0.2) is 5.96 Å². The molecule has 0 amide bonds. The molecule has 7 nitrogen and oxygen atoms in total. The van der Waals surface area contributed by atoms with Gasteiger partial charge >= 0.3 is 0 Å². The van der Waals surface area contributed by atoms with E-state index in [0.717, 1.165) is 43.5 Å². The van der Waals surface area contributed by atoms with Crippen LogP contribution in [0, 0.1) is 13.8 Å². The van der Waals surface area contributed by atoms with Gasteiger partial charge in [-0.25, -0.2) is 0 Å². The van der Waals surface area contributed by atoms with E-state index in [1.807, 2.05) is 23.9 Å². The normalized spacial score (nSPS) is 12.8. The Labute approximate surface area is 187 Å². The molecule has 172 valence electrons. The number of benzene rings is 1. The van der Waals surface area contributed by atoms with Crippen LogP contribution in [0.5, 0.6) is 5.75 Å². The third kappa shape index (κ3) is 7.58. The van der Waals surface area contributed by atoms with E-state index in [1.54, 1.807) is 7.05 Å². The van der Waals surface area contributed by atoms with E-state index in [9.17, 15) is 0 Å². The second kappa shape index (κ2) is 12.3. The van der Waals surface area contributed by atoms with Crippen molar-refractivity contribution in [1.29, 1.82) is 0 Å². The van der Waals surface area contributed by atoms with Crippen molar-refractivity contribution in [3.63, 3.8) is 0 Å². The minimum absolute atomic E-state index is 0.245. The Bertz CT molecular complexity index is 823. The molecule has 1 aromatic heterocycles. The first kappa shape index (κ1) is 24.7. The van der Waals surface area contributed by atoms with E-state index in [1.165, 1.54) is 16.8 Å². The Morgan fingerprint density at radius 3 is 2.42 bits per heavy atom. The van der Waals surface area contributed by atoms with E-state index >= 15 is 0 Å². The van der Waals surface area contributed by atoms with Crippen molar-refractivity contribution in [2.45, 2.75) is 53.6 Å². The van der Waals surface area contributed by atoms with Crippen molar-refractivity contribution in [1.82, 2.24) is 25.3 Å². The monoisotopic (exact) mass is 428 g/mol. The van der Waals surface area contributed by atoms with E-state index in [2.05, 4.69) is 72.4 Å². The molecule has 0 saturated heterocycles. The van der Waals surface area contributed by atoms with E-state index in [0.29, 0.717) is 13.2 Å². The van der Waals surface area contributed by atoms with Crippen LogP contribution in [0.4, 0.5) is 0 Å². The highest BCUT2D eigenvalue weighted by Gasteiger charge is 2.14. The Morgan fingerprint density at radius 2 is 1.87 bits per heavy atom. The summed E-state index contributed by atoms with van der Waals surface area (Å²) in [5, 5.41) is 11.4. The molecular formula is C24H40N6O. The minimum atomic E-state index is 0.245. The molecular weight excluding hydrogens is 388 g/mol. The molecule has 1 heterocycles. The van der Waals surface area contributed by atoms with Gasteiger partial charge in [0.05, 0.1) is 5.69 Å². The van der Waals surface area contributed by atoms with Crippen molar-refractivity contribution in [2.24, 2.45) is 12.0 Å². The third-order valence-corrected chi connectivity index (χ3v) is 5.73. The zero-order valence-corrected chi connectivity index (χ0v) is 20.3. The number of nitrogens with zero attached hydrogens (tertiary/aromatic N) is 4. The lowest BCUT2D eigenvalue weighted by atomic mass is 10.1. The second-order valence-electron chi connectivity index (χ2n) is 7.97. The first-order chi connectivity index (χ1) is 14.9. The van der Waals surface area contributed by atoms with Crippen LogP contribution in [0.3, 0.4) is 0 Å². The summed E-state index contributed by atoms with van der Waals surface area (Å²) in [6.45, 7) is 15.2. The molecule has 0 aliphatic rings. The SMILES string of the molecule is CCN(CC)CCOc1ccc(CNC(=NC)NC(C)Cc2c(C)nn(C)c2C)cc1. The number of likely N-dealkylation sites (N-methyl/N-ethyl adjacent to an activating group) is 1. The van der Waals surface area contributed by atoms with Crippen LogP contribution >= 0.6 is 0 Å². The molecule has 2 N–H and O–H groups in total. The second-order valence-corrected chi connectivity index (χ2v) is 7.97.